The number of anilines is 4. The molecule has 2 aromatic carbocycles. The van der Waals surface area contributed by atoms with Crippen LogP contribution < -0.4 is 24.8 Å². The van der Waals surface area contributed by atoms with E-state index in [0.29, 0.717) is 47.2 Å². The Morgan fingerprint density at radius 2 is 1.58 bits per heavy atom. The van der Waals surface area contributed by atoms with Gasteiger partial charge < -0.3 is 29.6 Å². The second-order valence-electron chi connectivity index (χ2n) is 7.69. The van der Waals surface area contributed by atoms with Gasteiger partial charge in [-0.1, -0.05) is 12.1 Å². The van der Waals surface area contributed by atoms with Gasteiger partial charge in [0.15, 0.2) is 33.0 Å². The maximum atomic E-state index is 14.4. The molecule has 0 saturated carbocycles. The maximum Gasteiger partial charge on any atom is 0.229 e. The molecule has 0 radical (unpaired) electrons. The molecule has 0 saturated heterocycles. The van der Waals surface area contributed by atoms with Gasteiger partial charge in [0, 0.05) is 37.2 Å². The largest absolute Gasteiger partial charge is 0.493 e. The van der Waals surface area contributed by atoms with Crippen molar-refractivity contribution in [2.75, 3.05) is 51.4 Å². The van der Waals surface area contributed by atoms with Crippen molar-refractivity contribution in [1.29, 1.82) is 0 Å². The molecule has 0 spiro atoms. The van der Waals surface area contributed by atoms with E-state index in [9.17, 15) is 12.8 Å². The molecule has 1 aromatic heterocycles. The van der Waals surface area contributed by atoms with Crippen LogP contribution in [0.15, 0.2) is 42.6 Å². The van der Waals surface area contributed by atoms with E-state index in [4.69, 9.17) is 18.9 Å². The van der Waals surface area contributed by atoms with Gasteiger partial charge in [0.2, 0.25) is 11.7 Å². The highest BCUT2D eigenvalue weighted by Crippen LogP contribution is 2.40. The average Bonchev–Trinajstić information content (AvgIpc) is 2.86. The van der Waals surface area contributed by atoms with Crippen LogP contribution in [0.4, 0.5) is 27.5 Å². The van der Waals surface area contributed by atoms with Gasteiger partial charge in [0.1, 0.15) is 0 Å². The summed E-state index contributed by atoms with van der Waals surface area (Å²) in [5.41, 5.74) is 1.70. The lowest BCUT2D eigenvalue weighted by Gasteiger charge is -2.15. The molecule has 2 N–H and O–H groups in total. The molecule has 1 heterocycles. The molecule has 0 unspecified atom stereocenters. The Balaban J connectivity index is 1.73. The molecule has 3 rings (SSSR count). The van der Waals surface area contributed by atoms with E-state index in [1.807, 2.05) is 0 Å². The summed E-state index contributed by atoms with van der Waals surface area (Å²) in [4.78, 5) is 8.20. The van der Waals surface area contributed by atoms with Gasteiger partial charge in [-0.05, 0) is 24.1 Å². The van der Waals surface area contributed by atoms with E-state index >= 15 is 0 Å². The van der Waals surface area contributed by atoms with Crippen molar-refractivity contribution in [3.8, 4) is 17.2 Å². The summed E-state index contributed by atoms with van der Waals surface area (Å²) in [6, 6.07) is 10.0. The smallest absolute Gasteiger partial charge is 0.229 e. The van der Waals surface area contributed by atoms with E-state index < -0.39 is 15.7 Å². The number of aromatic nitrogens is 2. The fourth-order valence-corrected chi connectivity index (χ4v) is 4.77. The predicted molar refractivity (Wildman–Crippen MR) is 135 cm³/mol. The van der Waals surface area contributed by atoms with Gasteiger partial charge in [-0.15, -0.1) is 0 Å². The van der Waals surface area contributed by atoms with Gasteiger partial charge in [0.05, 0.1) is 39.0 Å². The standard InChI is InChI=1S/C24H29FN4O6S/c1-32-10-5-11-36(30,31)15-16-6-8-17(9-7-16)27-23-19(25)14-26-24(29-23)28-18-12-20(33-2)22(35-4)21(13-18)34-3/h6-9,12-14H,5,10-11,15H2,1-4H3,(H2,26,27,28,29). The number of methoxy groups -OCH3 is 4. The molecule has 0 fully saturated rings. The van der Waals surface area contributed by atoms with Crippen molar-refractivity contribution >= 4 is 33.0 Å². The van der Waals surface area contributed by atoms with E-state index in [0.717, 1.165) is 6.20 Å². The minimum atomic E-state index is -3.25. The first-order chi connectivity index (χ1) is 17.3. The Morgan fingerprint density at radius 1 is 0.917 bits per heavy atom. The van der Waals surface area contributed by atoms with Crippen molar-refractivity contribution in [2.45, 2.75) is 12.2 Å². The fraction of sp³-hybridized carbons (Fsp3) is 0.333. The molecule has 0 aliphatic rings. The van der Waals surface area contributed by atoms with Crippen LogP contribution in [0, 0.1) is 5.82 Å². The molecule has 0 atom stereocenters. The number of ether oxygens (including phenoxy) is 4. The van der Waals surface area contributed by atoms with Crippen LogP contribution in [0.1, 0.15) is 12.0 Å². The molecular formula is C24H29FN4O6S. The number of halogens is 1. The minimum absolute atomic E-state index is 0.0503. The molecule has 36 heavy (non-hydrogen) atoms. The van der Waals surface area contributed by atoms with Crippen LogP contribution in [0.3, 0.4) is 0 Å². The Kier molecular flexibility index (Phi) is 9.25. The minimum Gasteiger partial charge on any atom is -0.493 e. The third kappa shape index (κ3) is 7.18. The number of nitrogens with zero attached hydrogens (tertiary/aromatic N) is 2. The highest BCUT2D eigenvalue weighted by Gasteiger charge is 2.15. The van der Waals surface area contributed by atoms with Crippen molar-refractivity contribution in [3.05, 3.63) is 54.0 Å². The van der Waals surface area contributed by atoms with Crippen LogP contribution >= 0.6 is 0 Å². The summed E-state index contributed by atoms with van der Waals surface area (Å²) in [6.45, 7) is 0.392. The van der Waals surface area contributed by atoms with Crippen molar-refractivity contribution in [3.63, 3.8) is 0 Å². The number of benzene rings is 2. The zero-order chi connectivity index (χ0) is 26.1. The Hall–Kier alpha value is -3.64. The zero-order valence-electron chi connectivity index (χ0n) is 20.5. The van der Waals surface area contributed by atoms with E-state index in [2.05, 4.69) is 20.6 Å². The number of hydrogen-bond donors (Lipinski definition) is 2. The summed E-state index contributed by atoms with van der Waals surface area (Å²) in [5.74, 6) is 0.679. The van der Waals surface area contributed by atoms with E-state index in [-0.39, 0.29) is 23.3 Å². The predicted octanol–water partition coefficient (Wildman–Crippen LogP) is 4.08. The average molecular weight is 521 g/mol. The first-order valence-electron chi connectivity index (χ1n) is 10.9. The SMILES string of the molecule is COCCCS(=O)(=O)Cc1ccc(Nc2nc(Nc3cc(OC)c(OC)c(OC)c3)ncc2F)cc1. The maximum absolute atomic E-state index is 14.4. The molecule has 10 nitrogen and oxygen atoms in total. The summed E-state index contributed by atoms with van der Waals surface area (Å²) >= 11 is 0. The first-order valence-corrected chi connectivity index (χ1v) is 12.8. The van der Waals surface area contributed by atoms with Crippen LogP contribution in [0.5, 0.6) is 17.2 Å². The quantitative estimate of drug-likeness (QED) is 0.319. The molecule has 194 valence electrons. The Bertz CT molecular complexity index is 1250. The van der Waals surface area contributed by atoms with Crippen LogP contribution in [0.2, 0.25) is 0 Å². The summed E-state index contributed by atoms with van der Waals surface area (Å²) in [7, 11) is 2.78. The van der Waals surface area contributed by atoms with Crippen molar-refractivity contribution in [1.82, 2.24) is 9.97 Å². The highest BCUT2D eigenvalue weighted by molar-refractivity contribution is 7.90. The van der Waals surface area contributed by atoms with Crippen LogP contribution in [-0.4, -0.2) is 59.2 Å². The van der Waals surface area contributed by atoms with Crippen LogP contribution in [0.25, 0.3) is 0 Å². The van der Waals surface area contributed by atoms with E-state index in [1.54, 1.807) is 36.4 Å². The third-order valence-electron chi connectivity index (χ3n) is 5.07. The Morgan fingerprint density at radius 3 is 2.17 bits per heavy atom. The monoisotopic (exact) mass is 520 g/mol. The summed E-state index contributed by atoms with van der Waals surface area (Å²) < 4.78 is 59.8. The lowest BCUT2D eigenvalue weighted by molar-refractivity contribution is 0.199. The summed E-state index contributed by atoms with van der Waals surface area (Å²) in [5, 5.41) is 5.89. The molecule has 3 aromatic rings. The second-order valence-corrected chi connectivity index (χ2v) is 9.87. The Labute approximate surface area is 209 Å². The normalized spacial score (nSPS) is 11.1. The zero-order valence-corrected chi connectivity index (χ0v) is 21.3. The van der Waals surface area contributed by atoms with Gasteiger partial charge in [-0.3, -0.25) is 0 Å². The number of nitrogens with one attached hydrogen (secondary N) is 2. The van der Waals surface area contributed by atoms with Gasteiger partial charge in [0.25, 0.3) is 0 Å². The third-order valence-corrected chi connectivity index (χ3v) is 6.76. The molecule has 12 heteroatoms. The van der Waals surface area contributed by atoms with Gasteiger partial charge >= 0.3 is 0 Å². The first kappa shape index (κ1) is 27.0. The number of sulfone groups is 1. The number of rotatable bonds is 13. The van der Waals surface area contributed by atoms with Crippen molar-refractivity contribution < 1.29 is 31.8 Å². The van der Waals surface area contributed by atoms with Gasteiger partial charge in [-0.2, -0.15) is 4.98 Å². The molecule has 0 amide bonds. The number of hydrogen-bond acceptors (Lipinski definition) is 10. The highest BCUT2D eigenvalue weighted by atomic mass is 32.2. The molecule has 0 bridgehead atoms. The molecule has 0 aliphatic carbocycles. The van der Waals surface area contributed by atoms with Gasteiger partial charge in [-0.25, -0.2) is 17.8 Å². The fourth-order valence-electron chi connectivity index (χ4n) is 3.37. The topological polar surface area (TPSA) is 121 Å². The summed E-state index contributed by atoms with van der Waals surface area (Å²) in [6.07, 6.45) is 1.48. The van der Waals surface area contributed by atoms with Crippen molar-refractivity contribution in [2.24, 2.45) is 0 Å². The lowest BCUT2D eigenvalue weighted by atomic mass is 10.2. The molecule has 0 aliphatic heterocycles. The molecular weight excluding hydrogens is 491 g/mol. The lowest BCUT2D eigenvalue weighted by Crippen LogP contribution is -2.11. The van der Waals surface area contributed by atoms with E-state index in [1.165, 1.54) is 28.4 Å². The second kappa shape index (κ2) is 12.4. The van der Waals surface area contributed by atoms with Crippen LogP contribution in [-0.2, 0) is 20.3 Å².